The summed E-state index contributed by atoms with van der Waals surface area (Å²) >= 11 is 0. The van der Waals surface area contributed by atoms with Crippen molar-refractivity contribution in [2.45, 2.75) is 159 Å². The maximum atomic E-state index is 13.8. The minimum Gasteiger partial charge on any atom is -0.870 e. The molecule has 0 saturated heterocycles. The number of fused-ring (bicyclic) bond motifs is 15. The summed E-state index contributed by atoms with van der Waals surface area (Å²) in [5.74, 6) is -4.21. The van der Waals surface area contributed by atoms with Crippen molar-refractivity contribution in [3.8, 4) is 33.8 Å². The largest absolute Gasteiger partial charge is 0.870 e. The molecule has 0 saturated carbocycles. The number of ether oxygens (including phenoxy) is 3. The number of aromatic amines is 3. The first-order valence-electron chi connectivity index (χ1n) is 41.7. The van der Waals surface area contributed by atoms with Crippen LogP contribution in [-0.2, 0) is 67.6 Å². The van der Waals surface area contributed by atoms with E-state index in [9.17, 15) is 98.0 Å². The number of aromatic nitrogens is 6. The van der Waals surface area contributed by atoms with E-state index < -0.39 is 54.1 Å². The highest BCUT2D eigenvalue weighted by Gasteiger charge is 2.38. The summed E-state index contributed by atoms with van der Waals surface area (Å²) < 4.78 is 111. The van der Waals surface area contributed by atoms with E-state index in [-0.39, 0.29) is 53.6 Å². The van der Waals surface area contributed by atoms with E-state index in [0.717, 1.165) is 117 Å². The number of nitrogens with zero attached hydrogens (tertiary/aromatic N) is 6. The van der Waals surface area contributed by atoms with Crippen LogP contribution in [0.1, 0.15) is 184 Å². The molecule has 0 spiro atoms. The number of halogens is 9. The van der Waals surface area contributed by atoms with Crippen LogP contribution in [-0.4, -0.2) is 151 Å². The van der Waals surface area contributed by atoms with Crippen molar-refractivity contribution < 1.29 is 129 Å². The molecule has 9 heterocycles. The lowest BCUT2D eigenvalue weighted by Crippen LogP contribution is -2.47. The summed E-state index contributed by atoms with van der Waals surface area (Å²) in [6.07, 6.45) is -0.916. The average Bonchev–Trinajstić information content (AvgIpc) is 1.48. The number of allylic oxidation sites excluding steroid dienone is 3. The molecule has 132 heavy (non-hydrogen) atoms. The van der Waals surface area contributed by atoms with Gasteiger partial charge in [0.15, 0.2) is 0 Å². The van der Waals surface area contributed by atoms with Crippen LogP contribution >= 0.6 is 0 Å². The van der Waals surface area contributed by atoms with Crippen LogP contribution in [0.2, 0.25) is 0 Å². The van der Waals surface area contributed by atoms with Gasteiger partial charge in [-0.25, -0.2) is 29.3 Å². The van der Waals surface area contributed by atoms with Crippen LogP contribution in [0.25, 0.3) is 33.8 Å². The number of methoxy groups -OCH3 is 3. The fraction of sp³-hybridized carbons (Fsp3) is 0.333. The first-order chi connectivity index (χ1) is 62.7. The van der Waals surface area contributed by atoms with E-state index in [1.165, 1.54) is 21.3 Å². The molecule has 18 N–H and O–H groups in total. The molecular weight excluding hydrogens is 1740 g/mol. The van der Waals surface area contributed by atoms with Gasteiger partial charge in [-0.1, -0.05) is 37.5 Å². The minimum atomic E-state index is -4.75. The lowest BCUT2D eigenvalue weighted by Gasteiger charge is -2.35. The van der Waals surface area contributed by atoms with Crippen LogP contribution in [0.15, 0.2) is 165 Å². The molecule has 0 aliphatic carbocycles. The molecule has 0 fully saturated rings. The number of quaternary nitrogens is 3. The van der Waals surface area contributed by atoms with E-state index >= 15 is 0 Å². The normalized spacial score (nSPS) is 16.6. The van der Waals surface area contributed by atoms with Crippen LogP contribution in [0, 0.1) is 0 Å². The summed E-state index contributed by atoms with van der Waals surface area (Å²) in [6.45, 7) is 10.2. The fourth-order valence-corrected chi connectivity index (χ4v) is 15.2. The van der Waals surface area contributed by atoms with Gasteiger partial charge < -0.3 is 92.3 Å². The number of alkyl halides is 9. The zero-order valence-electron chi connectivity index (χ0n) is 72.2. The molecule has 0 radical (unpaired) electrons. The van der Waals surface area contributed by atoms with E-state index in [2.05, 4.69) is 126 Å². The van der Waals surface area contributed by atoms with Gasteiger partial charge in [0.25, 0.3) is 17.7 Å². The van der Waals surface area contributed by atoms with Gasteiger partial charge in [0.2, 0.25) is 17.7 Å². The monoisotopic (exact) mass is 1840 g/mol. The number of benzene rings is 6. The maximum Gasteiger partial charge on any atom is 0.411 e. The predicted octanol–water partition coefficient (Wildman–Crippen LogP) is 11.4. The minimum absolute atomic E-state index is 0.00331. The van der Waals surface area contributed by atoms with Gasteiger partial charge in [0, 0.05) is 106 Å². The van der Waals surface area contributed by atoms with Crippen LogP contribution in [0.4, 0.5) is 88.0 Å². The lowest BCUT2D eigenvalue weighted by molar-refractivity contribution is -0.386. The van der Waals surface area contributed by atoms with Crippen molar-refractivity contribution in [2.24, 2.45) is 0 Å². The third kappa shape index (κ3) is 26.2. The second-order valence-corrected chi connectivity index (χ2v) is 30.9. The van der Waals surface area contributed by atoms with Crippen LogP contribution < -0.4 is 64.4 Å². The number of nitrogens with one attached hydrogen (secondary N) is 9. The quantitative estimate of drug-likeness (QED) is 0.0363. The number of aryl methyl sites for hydroxylation is 1. The molecule has 3 atom stereocenters. The maximum absolute atomic E-state index is 13.8. The lowest BCUT2D eigenvalue weighted by atomic mass is 9.94. The Hall–Kier alpha value is -14.6. The van der Waals surface area contributed by atoms with Crippen molar-refractivity contribution in [3.05, 3.63) is 232 Å². The van der Waals surface area contributed by atoms with E-state index in [1.807, 2.05) is 57.2 Å². The number of amides is 9. The van der Waals surface area contributed by atoms with Gasteiger partial charge in [0.05, 0.1) is 112 Å². The smallest absolute Gasteiger partial charge is 0.411 e. The number of hydrogen-bond donors (Lipinski definition) is 12. The summed E-state index contributed by atoms with van der Waals surface area (Å²) in [6, 6.07) is 32.9. The number of carbonyl (C=O) groups is 9. The molecule has 42 heteroatoms. The molecule has 9 aromatic rings. The zero-order valence-corrected chi connectivity index (χ0v) is 72.2. The summed E-state index contributed by atoms with van der Waals surface area (Å²) in [4.78, 5) is 144. The Balaban J connectivity index is 0.000000184. The van der Waals surface area contributed by atoms with Gasteiger partial charge in [-0.3, -0.25) is 44.7 Å². The number of carbonyl (C=O) groups excluding carboxylic acids is 9. The first-order valence-corrected chi connectivity index (χ1v) is 41.7. The third-order valence-corrected chi connectivity index (χ3v) is 21.9. The zero-order chi connectivity index (χ0) is 96.1. The Morgan fingerprint density at radius 2 is 0.689 bits per heavy atom. The summed E-state index contributed by atoms with van der Waals surface area (Å²) in [5.41, 5.74) is 28.1. The standard InChI is InChI=1S/C28H32N6O4.C27H30N6O4.C26H28N6O4.3C3H3F3O/c1-38-28(37)31-19-9-11-21-22(14-19)32-25(35)7-3-2-6-24(26-30-16-23(21)33-26)34-12-4-5-18-13-17(15-29)8-10-20(18)27(34)36;1-37-27(36)30-18-7-9-20-21(13-18)31-24(34)5-3-2-4-23(25-29-15-22(20)32-25)33-11-10-17-12-16(14-28)6-8-19(17)26(33)35;1-36-26(35)29-17-7-9-19-20(11-17)30-23(33)5-3-2-4-22(24-28-13-21(19)31-24)32-14-16-10-15(12-27)6-8-18(16)25(32)34;3*1-2(7)3(4,5)6/h8-11,13-14,16,24H,2-7,12,15,29H2,1H3,(H,30,33)(H,31,37)(H,32,35);6-9,12-13,15,23H,2-5,10-11,14,28H2,1H3,(H,29,32)(H,30,36)(H,31,34);6-11,13,22H,2-5,12,14,27H2,1H3,(H,28,31)(H,29,35)(H,30,33);3*7H,1H2/t24-;23-;22-;;;/m000.../s1. The Morgan fingerprint density at radius 1 is 0.402 bits per heavy atom. The van der Waals surface area contributed by atoms with Crippen molar-refractivity contribution in [2.75, 3.05) is 66.3 Å². The number of imidazole rings is 3. The van der Waals surface area contributed by atoms with E-state index in [4.69, 9.17) is 4.98 Å². The van der Waals surface area contributed by atoms with E-state index in [0.29, 0.717) is 154 Å². The Bertz CT molecular complexity index is 5700. The Labute approximate surface area is 750 Å². The number of rotatable bonds is 9. The van der Waals surface area contributed by atoms with Crippen LogP contribution in [0.3, 0.4) is 0 Å². The third-order valence-electron chi connectivity index (χ3n) is 21.9. The molecule has 6 aliphatic heterocycles. The molecule has 6 bridgehead atoms. The van der Waals surface area contributed by atoms with Gasteiger partial charge >= 0.3 is 36.8 Å². The first kappa shape index (κ1) is 99.6. The van der Waals surface area contributed by atoms with Gasteiger partial charge in [-0.05, 0) is 183 Å². The van der Waals surface area contributed by atoms with Gasteiger partial charge in [-0.2, -0.15) is 39.5 Å². The highest BCUT2D eigenvalue weighted by Crippen LogP contribution is 2.42. The predicted molar refractivity (Wildman–Crippen MR) is 458 cm³/mol. The van der Waals surface area contributed by atoms with Crippen LogP contribution in [0.5, 0.6) is 0 Å². The molecule has 15 rings (SSSR count). The highest BCUT2D eigenvalue weighted by atomic mass is 19.4. The molecule has 6 aromatic carbocycles. The average molecular weight is 1840 g/mol. The number of anilines is 6. The second kappa shape index (κ2) is 44.6. The van der Waals surface area contributed by atoms with Gasteiger partial charge in [0.1, 0.15) is 17.5 Å². The molecule has 0 unspecified atom stereocenters. The Kier molecular flexibility index (Phi) is 33.7. The summed E-state index contributed by atoms with van der Waals surface area (Å²) in [5, 5.41) is 44.5. The van der Waals surface area contributed by atoms with Crippen molar-refractivity contribution >= 4 is 87.8 Å². The number of H-pyrrole nitrogens is 3. The fourth-order valence-electron chi connectivity index (χ4n) is 15.2. The molecule has 33 nitrogen and oxygen atoms in total. The number of hydrogen-bond acceptors (Lipinski definition) is 18. The molecule has 702 valence electrons. The van der Waals surface area contributed by atoms with Crippen molar-refractivity contribution in [1.29, 1.82) is 0 Å². The topological polar surface area (TPSA) is 501 Å². The SMILES string of the molecule is C=C([O-])C(F)(F)F.C=C([O-])C(F)(F)F.C=C([O-])C(F)(F)F.COC(=O)Nc1ccc2c(c1)NC(=O)CCCC[C@H](N1CCCc3cc(C[NH3+])ccc3C1=O)c1ncc-2[nH]1.COC(=O)Nc1ccc2c(c1)NC(=O)CCCC[C@H](N1CCc3cc(C[NH3+])ccc3C1=O)c1ncc-2[nH]1.COC(=O)Nc1ccc2c(c1)NC(=O)CCCC[C@H](N1Cc3cc(C[NH3+])ccc3C1=O)c1ncc-2[nH]1. The molecule has 9 amide bonds. The van der Waals surface area contributed by atoms with Crippen molar-refractivity contribution in [1.82, 2.24) is 44.6 Å². The summed E-state index contributed by atoms with van der Waals surface area (Å²) in [7, 11) is 3.87. The van der Waals surface area contributed by atoms with Crippen molar-refractivity contribution in [3.63, 3.8) is 0 Å². The molecular formula is C90H99F9N18O15. The van der Waals surface area contributed by atoms with E-state index in [1.54, 1.807) is 67.1 Å². The molecule has 6 aliphatic rings. The van der Waals surface area contributed by atoms with Gasteiger partial charge in [-0.15, -0.1) is 19.7 Å². The Morgan fingerprint density at radius 3 is 1.01 bits per heavy atom. The second-order valence-electron chi connectivity index (χ2n) is 30.9. The highest BCUT2D eigenvalue weighted by molar-refractivity contribution is 6.02. The molecule has 3 aromatic heterocycles.